The second-order valence-electron chi connectivity index (χ2n) is 4.67. The first-order chi connectivity index (χ1) is 9.66. The molecule has 1 aromatic heterocycles. The van der Waals surface area contributed by atoms with Gasteiger partial charge in [0.05, 0.1) is 6.61 Å². The third kappa shape index (κ3) is 3.31. The lowest BCUT2D eigenvalue weighted by molar-refractivity contribution is -0.0953. The number of alkyl halides is 3. The first-order valence-electron chi connectivity index (χ1n) is 6.13. The molecule has 1 aromatic rings. The third-order valence-electron chi connectivity index (χ3n) is 3.27. The van der Waals surface area contributed by atoms with E-state index in [-0.39, 0.29) is 30.3 Å². The SMILES string of the molecule is Cc1cc(S(=O)(=O)N2CC=C(C(F)(F)F)CC2)sc1CO. The summed E-state index contributed by atoms with van der Waals surface area (Å²) in [6.45, 7) is 0.935. The minimum atomic E-state index is -4.40. The zero-order chi connectivity index (χ0) is 15.8. The van der Waals surface area contributed by atoms with Crippen molar-refractivity contribution in [1.29, 1.82) is 0 Å². The number of aryl methyl sites for hydroxylation is 1. The van der Waals surface area contributed by atoms with Crippen LogP contribution >= 0.6 is 11.3 Å². The van der Waals surface area contributed by atoms with Gasteiger partial charge in [-0.1, -0.05) is 6.08 Å². The average molecular weight is 341 g/mol. The molecule has 4 nitrogen and oxygen atoms in total. The molecule has 0 amide bonds. The van der Waals surface area contributed by atoms with Crippen molar-refractivity contribution >= 4 is 21.4 Å². The Balaban J connectivity index is 2.24. The predicted octanol–water partition coefficient (Wildman–Crippen LogP) is 2.43. The third-order valence-corrected chi connectivity index (χ3v) is 6.81. The largest absolute Gasteiger partial charge is 0.412 e. The molecular weight excluding hydrogens is 327 g/mol. The zero-order valence-electron chi connectivity index (χ0n) is 11.1. The highest BCUT2D eigenvalue weighted by Gasteiger charge is 2.37. The molecule has 1 aliphatic heterocycles. The minimum Gasteiger partial charge on any atom is -0.391 e. The normalized spacial score (nSPS) is 17.9. The van der Waals surface area contributed by atoms with Gasteiger partial charge in [-0.15, -0.1) is 11.3 Å². The number of hydrogen-bond acceptors (Lipinski definition) is 4. The van der Waals surface area contributed by atoms with Gasteiger partial charge in [-0.2, -0.15) is 17.5 Å². The van der Waals surface area contributed by atoms with Crippen LogP contribution in [0.15, 0.2) is 21.9 Å². The molecule has 0 radical (unpaired) electrons. The molecule has 0 saturated carbocycles. The van der Waals surface area contributed by atoms with Crippen molar-refractivity contribution in [2.45, 2.75) is 30.3 Å². The summed E-state index contributed by atoms with van der Waals surface area (Å²) in [6, 6.07) is 1.44. The van der Waals surface area contributed by atoms with E-state index < -0.39 is 21.8 Å². The fourth-order valence-electron chi connectivity index (χ4n) is 2.03. The summed E-state index contributed by atoms with van der Waals surface area (Å²) in [5.74, 6) is 0. The molecule has 1 N–H and O–H groups in total. The van der Waals surface area contributed by atoms with E-state index in [4.69, 9.17) is 5.11 Å². The molecule has 21 heavy (non-hydrogen) atoms. The van der Waals surface area contributed by atoms with Crippen LogP contribution < -0.4 is 0 Å². The number of aliphatic hydroxyl groups excluding tert-OH is 1. The Hall–Kier alpha value is -0.900. The number of hydrogen-bond donors (Lipinski definition) is 1. The van der Waals surface area contributed by atoms with Crippen molar-refractivity contribution in [1.82, 2.24) is 4.31 Å². The number of nitrogens with zero attached hydrogens (tertiary/aromatic N) is 1. The summed E-state index contributed by atoms with van der Waals surface area (Å²) in [5.41, 5.74) is -0.0306. The topological polar surface area (TPSA) is 57.6 Å². The van der Waals surface area contributed by atoms with Crippen LogP contribution in [-0.4, -0.2) is 37.1 Å². The van der Waals surface area contributed by atoms with Gasteiger partial charge in [0.2, 0.25) is 0 Å². The summed E-state index contributed by atoms with van der Waals surface area (Å²) in [6.07, 6.45) is -3.84. The van der Waals surface area contributed by atoms with Crippen LogP contribution in [0.25, 0.3) is 0 Å². The van der Waals surface area contributed by atoms with Crippen LogP contribution in [0.5, 0.6) is 0 Å². The molecule has 9 heteroatoms. The molecular formula is C12H14F3NO3S2. The first-order valence-corrected chi connectivity index (χ1v) is 8.38. The number of thiophene rings is 1. The van der Waals surface area contributed by atoms with Gasteiger partial charge in [0, 0.05) is 23.5 Å². The van der Waals surface area contributed by atoms with E-state index >= 15 is 0 Å². The first kappa shape index (κ1) is 16.5. The van der Waals surface area contributed by atoms with Crippen LogP contribution in [-0.2, 0) is 16.6 Å². The lowest BCUT2D eigenvalue weighted by atomic mass is 10.1. The van der Waals surface area contributed by atoms with Gasteiger partial charge < -0.3 is 5.11 Å². The van der Waals surface area contributed by atoms with Crippen molar-refractivity contribution < 1.29 is 26.7 Å². The average Bonchev–Trinajstić information content (AvgIpc) is 2.80. The van der Waals surface area contributed by atoms with Gasteiger partial charge in [-0.25, -0.2) is 8.42 Å². The van der Waals surface area contributed by atoms with E-state index in [2.05, 4.69) is 0 Å². The van der Waals surface area contributed by atoms with Crippen LogP contribution in [0.1, 0.15) is 16.9 Å². The second-order valence-corrected chi connectivity index (χ2v) is 7.97. The van der Waals surface area contributed by atoms with Crippen molar-refractivity contribution in [2.24, 2.45) is 0 Å². The summed E-state index contributed by atoms with van der Waals surface area (Å²) in [4.78, 5) is 0.539. The molecule has 0 saturated heterocycles. The highest BCUT2D eigenvalue weighted by atomic mass is 32.2. The smallest absolute Gasteiger partial charge is 0.391 e. The Morgan fingerprint density at radius 3 is 2.52 bits per heavy atom. The van der Waals surface area contributed by atoms with Gasteiger partial charge in [0.25, 0.3) is 10.0 Å². The van der Waals surface area contributed by atoms with Crippen molar-refractivity contribution in [3.05, 3.63) is 28.2 Å². The Morgan fingerprint density at radius 2 is 2.10 bits per heavy atom. The fraction of sp³-hybridized carbons (Fsp3) is 0.500. The highest BCUT2D eigenvalue weighted by molar-refractivity contribution is 7.91. The monoisotopic (exact) mass is 341 g/mol. The highest BCUT2D eigenvalue weighted by Crippen LogP contribution is 2.33. The molecule has 118 valence electrons. The van der Waals surface area contributed by atoms with E-state index in [1.54, 1.807) is 6.92 Å². The number of aliphatic hydroxyl groups is 1. The zero-order valence-corrected chi connectivity index (χ0v) is 12.8. The van der Waals surface area contributed by atoms with E-state index in [1.807, 2.05) is 0 Å². The van der Waals surface area contributed by atoms with Gasteiger partial charge in [-0.3, -0.25) is 0 Å². The van der Waals surface area contributed by atoms with E-state index in [0.717, 1.165) is 21.7 Å². The molecule has 0 fully saturated rings. The molecule has 0 spiro atoms. The Labute approximate surface area is 124 Å². The van der Waals surface area contributed by atoms with E-state index in [1.165, 1.54) is 6.07 Å². The Kier molecular flexibility index (Phi) is 4.48. The molecule has 1 aliphatic rings. The van der Waals surface area contributed by atoms with Crippen LogP contribution in [0.3, 0.4) is 0 Å². The van der Waals surface area contributed by atoms with Crippen molar-refractivity contribution in [3.8, 4) is 0 Å². The summed E-state index contributed by atoms with van der Waals surface area (Å²) in [7, 11) is -3.81. The maximum atomic E-state index is 12.5. The van der Waals surface area contributed by atoms with Gasteiger partial charge in [0.15, 0.2) is 0 Å². The van der Waals surface area contributed by atoms with E-state index in [9.17, 15) is 21.6 Å². The lowest BCUT2D eigenvalue weighted by Crippen LogP contribution is -2.36. The molecule has 0 aliphatic carbocycles. The number of rotatable bonds is 3. The number of halogens is 3. The molecule has 0 atom stereocenters. The Bertz CT molecular complexity index is 662. The number of sulfonamides is 1. The van der Waals surface area contributed by atoms with Crippen molar-refractivity contribution in [2.75, 3.05) is 13.1 Å². The standard InChI is InChI=1S/C12H14F3NO3S2/c1-8-6-11(20-10(8)7-17)21(18,19)16-4-2-9(3-5-16)12(13,14)15/h2,6,17H,3-5,7H2,1H3. The quantitative estimate of drug-likeness (QED) is 0.859. The molecule has 2 heterocycles. The lowest BCUT2D eigenvalue weighted by Gasteiger charge is -2.26. The van der Waals surface area contributed by atoms with E-state index in [0.29, 0.717) is 10.4 Å². The summed E-state index contributed by atoms with van der Waals surface area (Å²) >= 11 is 0.944. The maximum Gasteiger partial charge on any atom is 0.412 e. The van der Waals surface area contributed by atoms with Gasteiger partial charge in [0.1, 0.15) is 4.21 Å². The molecule has 0 bridgehead atoms. The summed E-state index contributed by atoms with van der Waals surface area (Å²) in [5, 5.41) is 9.10. The van der Waals surface area contributed by atoms with Crippen LogP contribution in [0.4, 0.5) is 13.2 Å². The Morgan fingerprint density at radius 1 is 1.43 bits per heavy atom. The molecule has 0 unspecified atom stereocenters. The van der Waals surface area contributed by atoms with Crippen molar-refractivity contribution in [3.63, 3.8) is 0 Å². The minimum absolute atomic E-state index is 0.0490. The van der Waals surface area contributed by atoms with Gasteiger partial charge >= 0.3 is 6.18 Å². The predicted molar refractivity (Wildman–Crippen MR) is 72.5 cm³/mol. The molecule has 2 rings (SSSR count). The fourth-order valence-corrected chi connectivity index (χ4v) is 5.01. The second kappa shape index (κ2) is 5.71. The molecule has 0 aromatic carbocycles. The van der Waals surface area contributed by atoms with Gasteiger partial charge in [-0.05, 0) is 25.0 Å². The van der Waals surface area contributed by atoms with Crippen LogP contribution in [0, 0.1) is 6.92 Å². The maximum absolute atomic E-state index is 12.5. The van der Waals surface area contributed by atoms with Crippen LogP contribution in [0.2, 0.25) is 0 Å². The summed E-state index contributed by atoms with van der Waals surface area (Å²) < 4.78 is 63.4.